The Bertz CT molecular complexity index is 413. The lowest BCUT2D eigenvalue weighted by molar-refractivity contribution is -0.137. The van der Waals surface area contributed by atoms with E-state index in [1.54, 1.807) is 0 Å². The molecule has 104 valence electrons. The molecule has 0 bridgehead atoms. The lowest BCUT2D eigenvalue weighted by Crippen LogP contribution is -2.20. The fourth-order valence-corrected chi connectivity index (χ4v) is 2.59. The minimum Gasteiger partial charge on any atom is -0.481 e. The van der Waals surface area contributed by atoms with Crippen LogP contribution in [0.25, 0.3) is 0 Å². The third-order valence-corrected chi connectivity index (χ3v) is 3.60. The Morgan fingerprint density at radius 2 is 2.00 bits per heavy atom. The highest BCUT2D eigenvalue weighted by atomic mass is 16.4. The first-order valence-electron chi connectivity index (χ1n) is 6.95. The van der Waals surface area contributed by atoms with Gasteiger partial charge in [0.2, 0.25) is 5.95 Å². The zero-order valence-corrected chi connectivity index (χ0v) is 11.3. The van der Waals surface area contributed by atoms with Crippen molar-refractivity contribution in [3.8, 4) is 0 Å². The Labute approximate surface area is 113 Å². The van der Waals surface area contributed by atoms with E-state index in [9.17, 15) is 4.79 Å². The van der Waals surface area contributed by atoms with Crippen molar-refractivity contribution in [3.05, 3.63) is 18.0 Å². The van der Waals surface area contributed by atoms with Crippen LogP contribution in [0.15, 0.2) is 12.4 Å². The zero-order valence-electron chi connectivity index (χ0n) is 11.3. The van der Waals surface area contributed by atoms with E-state index in [0.29, 0.717) is 11.9 Å². The molecule has 5 nitrogen and oxygen atoms in total. The lowest BCUT2D eigenvalue weighted by atomic mass is 9.85. The largest absolute Gasteiger partial charge is 0.481 e. The average molecular weight is 263 g/mol. The van der Waals surface area contributed by atoms with Crippen molar-refractivity contribution in [2.45, 2.75) is 57.4 Å². The highest BCUT2D eigenvalue weighted by Crippen LogP contribution is 2.31. The van der Waals surface area contributed by atoms with Gasteiger partial charge >= 0.3 is 5.97 Å². The number of carbonyl (C=O) groups is 1. The predicted molar refractivity (Wildman–Crippen MR) is 73.2 cm³/mol. The molecule has 1 aliphatic rings. The minimum atomic E-state index is -0.821. The number of nitrogens with zero attached hydrogens (tertiary/aromatic N) is 2. The monoisotopic (exact) mass is 263 g/mol. The van der Waals surface area contributed by atoms with Crippen LogP contribution >= 0.6 is 0 Å². The fourth-order valence-electron chi connectivity index (χ4n) is 2.59. The number of hydrogen-bond donors (Lipinski definition) is 2. The number of aromatic nitrogens is 2. The molecule has 1 saturated carbocycles. The highest BCUT2D eigenvalue weighted by Gasteiger charge is 2.16. The van der Waals surface area contributed by atoms with Gasteiger partial charge in [-0.25, -0.2) is 9.97 Å². The van der Waals surface area contributed by atoms with Gasteiger partial charge in [0.15, 0.2) is 0 Å². The summed E-state index contributed by atoms with van der Waals surface area (Å²) >= 11 is 0. The van der Waals surface area contributed by atoms with Gasteiger partial charge < -0.3 is 10.4 Å². The van der Waals surface area contributed by atoms with Crippen LogP contribution in [0.3, 0.4) is 0 Å². The van der Waals surface area contributed by atoms with Gasteiger partial charge in [0, 0.05) is 18.4 Å². The second-order valence-electron chi connectivity index (χ2n) is 5.32. The van der Waals surface area contributed by atoms with Crippen LogP contribution in [-0.4, -0.2) is 27.1 Å². The molecule has 0 amide bonds. The summed E-state index contributed by atoms with van der Waals surface area (Å²) in [6.07, 6.45) is 10.2. The first-order chi connectivity index (χ1) is 9.15. The molecule has 5 heteroatoms. The summed E-state index contributed by atoms with van der Waals surface area (Å²) in [6, 6.07) is -0.168. The number of aliphatic carboxylic acids is 1. The second kappa shape index (κ2) is 6.50. The third kappa shape index (κ3) is 4.19. The smallest absolute Gasteiger partial charge is 0.305 e. The molecule has 0 spiro atoms. The molecule has 1 aromatic heterocycles. The molecular weight excluding hydrogens is 242 g/mol. The summed E-state index contributed by atoms with van der Waals surface area (Å²) in [4.78, 5) is 19.2. The van der Waals surface area contributed by atoms with Crippen LogP contribution in [0.2, 0.25) is 0 Å². The SMILES string of the molecule is CC(CC(=O)O)Nc1ncc(C2CCCCC2)cn1. The Kier molecular flexibility index (Phi) is 4.71. The van der Waals surface area contributed by atoms with E-state index < -0.39 is 5.97 Å². The Morgan fingerprint density at radius 3 is 2.58 bits per heavy atom. The van der Waals surface area contributed by atoms with Crippen molar-refractivity contribution in [1.82, 2.24) is 9.97 Å². The van der Waals surface area contributed by atoms with Crippen LogP contribution in [0.4, 0.5) is 5.95 Å². The quantitative estimate of drug-likeness (QED) is 0.854. The number of anilines is 1. The average Bonchev–Trinajstić information content (AvgIpc) is 2.39. The van der Waals surface area contributed by atoms with Gasteiger partial charge in [-0.05, 0) is 31.2 Å². The maximum absolute atomic E-state index is 10.6. The maximum atomic E-state index is 10.6. The molecule has 1 fully saturated rings. The van der Waals surface area contributed by atoms with Crippen LogP contribution in [0.5, 0.6) is 0 Å². The Balaban J connectivity index is 1.92. The molecular formula is C14H21N3O2. The van der Waals surface area contributed by atoms with Crippen molar-refractivity contribution < 1.29 is 9.90 Å². The molecule has 0 radical (unpaired) electrons. The summed E-state index contributed by atoms with van der Waals surface area (Å²) in [6.45, 7) is 1.81. The topological polar surface area (TPSA) is 75.1 Å². The Hall–Kier alpha value is -1.65. The maximum Gasteiger partial charge on any atom is 0.305 e. The predicted octanol–water partition coefficient (Wildman–Crippen LogP) is 2.80. The van der Waals surface area contributed by atoms with Gasteiger partial charge in [-0.1, -0.05) is 19.3 Å². The van der Waals surface area contributed by atoms with Gasteiger partial charge in [-0.15, -0.1) is 0 Å². The van der Waals surface area contributed by atoms with E-state index in [1.807, 2.05) is 19.3 Å². The van der Waals surface area contributed by atoms with Crippen molar-refractivity contribution in [3.63, 3.8) is 0 Å². The molecule has 1 aliphatic carbocycles. The molecule has 0 saturated heterocycles. The first kappa shape index (κ1) is 13.8. The first-order valence-corrected chi connectivity index (χ1v) is 6.95. The number of rotatable bonds is 5. The van der Waals surface area contributed by atoms with E-state index in [0.717, 1.165) is 0 Å². The number of carboxylic acid groups (broad SMARTS) is 1. The molecule has 0 aromatic carbocycles. The van der Waals surface area contributed by atoms with E-state index in [4.69, 9.17) is 5.11 Å². The van der Waals surface area contributed by atoms with E-state index in [-0.39, 0.29) is 12.5 Å². The second-order valence-corrected chi connectivity index (χ2v) is 5.32. The standard InChI is InChI=1S/C14H21N3O2/c1-10(7-13(18)19)17-14-15-8-12(9-16-14)11-5-3-2-4-6-11/h8-11H,2-7H2,1H3,(H,18,19)(H,15,16,17). The van der Waals surface area contributed by atoms with Crippen molar-refractivity contribution in [2.75, 3.05) is 5.32 Å². The van der Waals surface area contributed by atoms with Crippen LogP contribution in [-0.2, 0) is 4.79 Å². The van der Waals surface area contributed by atoms with Crippen molar-refractivity contribution in [2.24, 2.45) is 0 Å². The normalized spacial score (nSPS) is 17.9. The lowest BCUT2D eigenvalue weighted by Gasteiger charge is -2.21. The summed E-state index contributed by atoms with van der Waals surface area (Å²) < 4.78 is 0. The summed E-state index contributed by atoms with van der Waals surface area (Å²) in [7, 11) is 0. The molecule has 1 heterocycles. The molecule has 2 rings (SSSR count). The number of hydrogen-bond acceptors (Lipinski definition) is 4. The molecule has 1 aromatic rings. The van der Waals surface area contributed by atoms with Crippen LogP contribution in [0.1, 0.15) is 56.9 Å². The zero-order chi connectivity index (χ0) is 13.7. The van der Waals surface area contributed by atoms with Gasteiger partial charge in [0.05, 0.1) is 6.42 Å². The molecule has 1 unspecified atom stereocenters. The number of nitrogens with one attached hydrogen (secondary N) is 1. The van der Waals surface area contributed by atoms with Gasteiger partial charge in [0.25, 0.3) is 0 Å². The summed E-state index contributed by atoms with van der Waals surface area (Å²) in [5.74, 6) is 0.284. The van der Waals surface area contributed by atoms with E-state index in [2.05, 4.69) is 15.3 Å². The van der Waals surface area contributed by atoms with Crippen molar-refractivity contribution in [1.29, 1.82) is 0 Å². The van der Waals surface area contributed by atoms with Crippen LogP contribution in [0, 0.1) is 0 Å². The number of carboxylic acids is 1. The van der Waals surface area contributed by atoms with Crippen molar-refractivity contribution >= 4 is 11.9 Å². The molecule has 1 atom stereocenters. The van der Waals surface area contributed by atoms with E-state index >= 15 is 0 Å². The van der Waals surface area contributed by atoms with E-state index in [1.165, 1.54) is 37.7 Å². The fraction of sp³-hybridized carbons (Fsp3) is 0.643. The Morgan fingerprint density at radius 1 is 1.37 bits per heavy atom. The molecule has 0 aliphatic heterocycles. The minimum absolute atomic E-state index is 0.0632. The third-order valence-electron chi connectivity index (χ3n) is 3.60. The van der Waals surface area contributed by atoms with Gasteiger partial charge in [-0.3, -0.25) is 4.79 Å². The van der Waals surface area contributed by atoms with Gasteiger partial charge in [0.1, 0.15) is 0 Å². The molecule has 19 heavy (non-hydrogen) atoms. The highest BCUT2D eigenvalue weighted by molar-refractivity contribution is 5.67. The van der Waals surface area contributed by atoms with Gasteiger partial charge in [-0.2, -0.15) is 0 Å². The summed E-state index contributed by atoms with van der Waals surface area (Å²) in [5.41, 5.74) is 1.20. The molecule has 2 N–H and O–H groups in total. The summed E-state index contributed by atoms with van der Waals surface area (Å²) in [5, 5.41) is 11.7. The van der Waals surface area contributed by atoms with Crippen LogP contribution < -0.4 is 5.32 Å².